The van der Waals surface area contributed by atoms with Crippen molar-refractivity contribution in [2.24, 2.45) is 4.99 Å². The van der Waals surface area contributed by atoms with Crippen molar-refractivity contribution in [1.82, 2.24) is 16.0 Å². The van der Waals surface area contributed by atoms with E-state index in [1.807, 2.05) is 6.20 Å². The number of nitrogens with one attached hydrogen (secondary N) is 3. The van der Waals surface area contributed by atoms with Gasteiger partial charge in [-0.15, -0.1) is 0 Å². The van der Waals surface area contributed by atoms with Crippen molar-refractivity contribution in [3.8, 4) is 0 Å². The summed E-state index contributed by atoms with van der Waals surface area (Å²) < 4.78 is 0. The summed E-state index contributed by atoms with van der Waals surface area (Å²) in [4.78, 5) is 4.11. The van der Waals surface area contributed by atoms with Crippen LogP contribution in [0.15, 0.2) is 16.9 Å². The van der Waals surface area contributed by atoms with Gasteiger partial charge < -0.3 is 10.6 Å². The number of fused-ring (bicyclic) bond motifs is 1. The summed E-state index contributed by atoms with van der Waals surface area (Å²) in [5.74, 6) is 0. The minimum atomic E-state index is 0.172. The van der Waals surface area contributed by atoms with E-state index in [2.05, 4.69) is 20.9 Å². The second-order valence-electron chi connectivity index (χ2n) is 2.00. The Morgan fingerprint density at radius 1 is 1.67 bits per heavy atom. The van der Waals surface area contributed by atoms with Crippen LogP contribution in [0.2, 0.25) is 0 Å². The molecule has 3 N–H and O–H groups in total. The van der Waals surface area contributed by atoms with Crippen molar-refractivity contribution in [2.75, 3.05) is 6.67 Å². The van der Waals surface area contributed by atoms with Crippen molar-refractivity contribution in [3.63, 3.8) is 0 Å². The Labute approximate surface area is 53.0 Å². The van der Waals surface area contributed by atoms with Gasteiger partial charge in [0.2, 0.25) is 0 Å². The first-order chi connectivity index (χ1) is 4.47. The number of hydrogen-bond acceptors (Lipinski definition) is 4. The molecule has 0 saturated carbocycles. The Balaban J connectivity index is 2.22. The summed E-state index contributed by atoms with van der Waals surface area (Å²) in [6.45, 7) is 0.815. The molecule has 1 atom stereocenters. The van der Waals surface area contributed by atoms with E-state index in [-0.39, 0.29) is 6.17 Å². The second kappa shape index (κ2) is 1.73. The Morgan fingerprint density at radius 3 is 3.56 bits per heavy atom. The minimum Gasteiger partial charge on any atom is -0.372 e. The molecule has 2 aliphatic rings. The van der Waals surface area contributed by atoms with Crippen LogP contribution in [0.25, 0.3) is 0 Å². The van der Waals surface area contributed by atoms with Gasteiger partial charge in [0.05, 0.1) is 18.7 Å². The Hall–Kier alpha value is -1.03. The predicted octanol–water partition coefficient (Wildman–Crippen LogP) is -1.06. The molecule has 1 unspecified atom stereocenters. The van der Waals surface area contributed by atoms with Crippen molar-refractivity contribution >= 4 is 6.34 Å². The summed E-state index contributed by atoms with van der Waals surface area (Å²) >= 11 is 0. The molecule has 1 fully saturated rings. The molecule has 2 rings (SSSR count). The van der Waals surface area contributed by atoms with E-state index < -0.39 is 0 Å². The smallest absolute Gasteiger partial charge is 0.144 e. The average Bonchev–Trinajstić information content (AvgIpc) is 2.33. The molecule has 48 valence electrons. The van der Waals surface area contributed by atoms with Crippen LogP contribution in [0.3, 0.4) is 0 Å². The van der Waals surface area contributed by atoms with Crippen molar-refractivity contribution < 1.29 is 0 Å². The van der Waals surface area contributed by atoms with Gasteiger partial charge in [-0.25, -0.2) is 0 Å². The van der Waals surface area contributed by atoms with Gasteiger partial charge in [-0.05, 0) is 0 Å². The first-order valence-corrected chi connectivity index (χ1v) is 2.92. The van der Waals surface area contributed by atoms with E-state index in [0.717, 1.165) is 12.4 Å². The molecule has 0 amide bonds. The summed E-state index contributed by atoms with van der Waals surface area (Å²) in [7, 11) is 0. The fourth-order valence-corrected chi connectivity index (χ4v) is 0.964. The highest BCUT2D eigenvalue weighted by Crippen LogP contribution is 2.05. The largest absolute Gasteiger partial charge is 0.372 e. The monoisotopic (exact) mass is 124 g/mol. The van der Waals surface area contributed by atoms with Gasteiger partial charge in [0.25, 0.3) is 0 Å². The van der Waals surface area contributed by atoms with Gasteiger partial charge in [0.1, 0.15) is 6.17 Å². The van der Waals surface area contributed by atoms with E-state index in [1.54, 1.807) is 6.34 Å². The second-order valence-corrected chi connectivity index (χ2v) is 2.00. The lowest BCUT2D eigenvalue weighted by Crippen LogP contribution is -2.25. The summed E-state index contributed by atoms with van der Waals surface area (Å²) in [5.41, 5.74) is 1.12. The molecular weight excluding hydrogens is 116 g/mol. The molecule has 0 aliphatic carbocycles. The van der Waals surface area contributed by atoms with Crippen LogP contribution < -0.4 is 16.0 Å². The molecule has 9 heavy (non-hydrogen) atoms. The fraction of sp³-hybridized carbons (Fsp3) is 0.400. The Kier molecular flexibility index (Phi) is 0.927. The maximum absolute atomic E-state index is 4.11. The maximum atomic E-state index is 4.11. The molecule has 2 aliphatic heterocycles. The van der Waals surface area contributed by atoms with Crippen molar-refractivity contribution in [2.45, 2.75) is 6.17 Å². The molecule has 0 aromatic rings. The van der Waals surface area contributed by atoms with Crippen LogP contribution in [-0.4, -0.2) is 19.2 Å². The maximum Gasteiger partial charge on any atom is 0.144 e. The zero-order chi connectivity index (χ0) is 6.10. The van der Waals surface area contributed by atoms with Crippen LogP contribution in [-0.2, 0) is 0 Å². The number of nitrogens with zero attached hydrogens (tertiary/aromatic N) is 1. The topological polar surface area (TPSA) is 48.5 Å². The highest BCUT2D eigenvalue weighted by molar-refractivity contribution is 5.58. The molecule has 4 nitrogen and oxygen atoms in total. The van der Waals surface area contributed by atoms with Crippen LogP contribution in [0.1, 0.15) is 0 Å². The highest BCUT2D eigenvalue weighted by atomic mass is 15.3. The lowest BCUT2D eigenvalue weighted by atomic mass is 10.4. The average molecular weight is 124 g/mol. The molecule has 0 spiro atoms. The van der Waals surface area contributed by atoms with Gasteiger partial charge in [0, 0.05) is 6.20 Å². The van der Waals surface area contributed by atoms with Crippen LogP contribution in [0, 0.1) is 0 Å². The van der Waals surface area contributed by atoms with Gasteiger partial charge in [0.15, 0.2) is 0 Å². The molecule has 0 bridgehead atoms. The van der Waals surface area contributed by atoms with Gasteiger partial charge in [-0.2, -0.15) is 0 Å². The molecule has 4 heteroatoms. The third-order valence-corrected chi connectivity index (χ3v) is 1.42. The molecule has 0 aromatic heterocycles. The number of rotatable bonds is 0. The van der Waals surface area contributed by atoms with Gasteiger partial charge in [-0.1, -0.05) is 0 Å². The number of aliphatic imine (C=N–C) groups is 1. The zero-order valence-electron chi connectivity index (χ0n) is 4.89. The van der Waals surface area contributed by atoms with Crippen LogP contribution in [0.5, 0.6) is 0 Å². The van der Waals surface area contributed by atoms with E-state index >= 15 is 0 Å². The molecule has 0 aromatic carbocycles. The first kappa shape index (κ1) is 4.81. The minimum absolute atomic E-state index is 0.172. The van der Waals surface area contributed by atoms with Gasteiger partial charge in [-0.3, -0.25) is 10.3 Å². The third-order valence-electron chi connectivity index (χ3n) is 1.42. The molecule has 0 radical (unpaired) electrons. The molecule has 1 saturated heterocycles. The van der Waals surface area contributed by atoms with E-state index in [9.17, 15) is 0 Å². The standard InChI is InChI=1S/C5H8N4/c1-4-5(8-2-6-1)9-3-7-4/h1-2,5,7,9H,3H2,(H,6,8). The quantitative estimate of drug-likeness (QED) is 0.385. The van der Waals surface area contributed by atoms with E-state index in [4.69, 9.17) is 0 Å². The summed E-state index contributed by atoms with van der Waals surface area (Å²) in [6, 6.07) is 0. The van der Waals surface area contributed by atoms with Crippen LogP contribution in [0.4, 0.5) is 0 Å². The van der Waals surface area contributed by atoms with Crippen LogP contribution >= 0.6 is 0 Å². The van der Waals surface area contributed by atoms with Gasteiger partial charge >= 0.3 is 0 Å². The Morgan fingerprint density at radius 2 is 2.67 bits per heavy atom. The SMILES string of the molecule is C1=NC2NCNC2=CN1. The Bertz CT molecular complexity index is 172. The van der Waals surface area contributed by atoms with E-state index in [1.165, 1.54) is 0 Å². The zero-order valence-corrected chi connectivity index (χ0v) is 4.89. The van der Waals surface area contributed by atoms with Crippen molar-refractivity contribution in [3.05, 3.63) is 11.9 Å². The fourth-order valence-electron chi connectivity index (χ4n) is 0.964. The predicted molar refractivity (Wildman–Crippen MR) is 34.6 cm³/mol. The summed E-state index contributed by atoms with van der Waals surface area (Å²) in [6.07, 6.45) is 3.78. The molecule has 2 heterocycles. The lowest BCUT2D eigenvalue weighted by Gasteiger charge is -2.09. The normalized spacial score (nSPS) is 30.2. The highest BCUT2D eigenvalue weighted by Gasteiger charge is 2.18. The van der Waals surface area contributed by atoms with E-state index in [0.29, 0.717) is 0 Å². The first-order valence-electron chi connectivity index (χ1n) is 2.92. The lowest BCUT2D eigenvalue weighted by molar-refractivity contribution is 0.685. The summed E-state index contributed by atoms with van der Waals surface area (Å²) in [5, 5.41) is 9.17. The number of hydrogen-bond donors (Lipinski definition) is 3. The van der Waals surface area contributed by atoms with Crippen molar-refractivity contribution in [1.29, 1.82) is 0 Å². The molecular formula is C5H8N4. The third kappa shape index (κ3) is 0.675.